The molecule has 0 aromatic carbocycles. The van der Waals surface area contributed by atoms with Gasteiger partial charge in [0.25, 0.3) is 0 Å². The Bertz CT molecular complexity index is 306. The Hall–Kier alpha value is -1.10. The molecule has 90 valence electrons. The van der Waals surface area contributed by atoms with Crippen LogP contribution in [0.2, 0.25) is 0 Å². The van der Waals surface area contributed by atoms with Crippen molar-refractivity contribution in [3.63, 3.8) is 0 Å². The lowest BCUT2D eigenvalue weighted by atomic mass is 10.1. The first-order valence-electron chi connectivity index (χ1n) is 5.86. The zero-order chi connectivity index (χ0) is 11.7. The van der Waals surface area contributed by atoms with E-state index in [4.69, 9.17) is 5.73 Å². The fourth-order valence-corrected chi connectivity index (χ4v) is 2.45. The summed E-state index contributed by atoms with van der Waals surface area (Å²) < 4.78 is 0. The SMILES string of the molecule is CN1CCN(C(=O)C2CCC(N)C2)CC1=O. The number of hydrogen-bond acceptors (Lipinski definition) is 3. The molecule has 2 rings (SSSR count). The van der Waals surface area contributed by atoms with Gasteiger partial charge in [0.05, 0.1) is 6.54 Å². The third-order valence-corrected chi connectivity index (χ3v) is 3.59. The van der Waals surface area contributed by atoms with E-state index >= 15 is 0 Å². The van der Waals surface area contributed by atoms with Crippen LogP contribution in [0.1, 0.15) is 19.3 Å². The predicted molar refractivity (Wildman–Crippen MR) is 59.5 cm³/mol. The summed E-state index contributed by atoms with van der Waals surface area (Å²) in [6.07, 6.45) is 2.58. The molecule has 0 aromatic heterocycles. The fourth-order valence-electron chi connectivity index (χ4n) is 2.45. The van der Waals surface area contributed by atoms with Crippen molar-refractivity contribution in [1.82, 2.24) is 9.80 Å². The summed E-state index contributed by atoms with van der Waals surface area (Å²) in [5.41, 5.74) is 5.80. The summed E-state index contributed by atoms with van der Waals surface area (Å²) in [6, 6.07) is 0.164. The van der Waals surface area contributed by atoms with Crippen LogP contribution in [0.4, 0.5) is 0 Å². The number of nitrogens with zero attached hydrogens (tertiary/aromatic N) is 2. The topological polar surface area (TPSA) is 66.6 Å². The molecular weight excluding hydrogens is 206 g/mol. The summed E-state index contributed by atoms with van der Waals surface area (Å²) >= 11 is 0. The molecule has 0 aromatic rings. The molecule has 2 unspecified atom stereocenters. The van der Waals surface area contributed by atoms with Crippen LogP contribution in [0.3, 0.4) is 0 Å². The second-order valence-electron chi connectivity index (χ2n) is 4.85. The second kappa shape index (κ2) is 4.41. The van der Waals surface area contributed by atoms with Crippen molar-refractivity contribution in [3.05, 3.63) is 0 Å². The van der Waals surface area contributed by atoms with Gasteiger partial charge in [-0.15, -0.1) is 0 Å². The molecule has 1 saturated heterocycles. The van der Waals surface area contributed by atoms with Crippen molar-refractivity contribution < 1.29 is 9.59 Å². The van der Waals surface area contributed by atoms with E-state index < -0.39 is 0 Å². The average molecular weight is 225 g/mol. The zero-order valence-corrected chi connectivity index (χ0v) is 9.69. The third-order valence-electron chi connectivity index (χ3n) is 3.59. The highest BCUT2D eigenvalue weighted by molar-refractivity contribution is 5.87. The minimum absolute atomic E-state index is 0.0295. The molecule has 1 heterocycles. The van der Waals surface area contributed by atoms with E-state index in [0.29, 0.717) is 13.1 Å². The molecule has 16 heavy (non-hydrogen) atoms. The zero-order valence-electron chi connectivity index (χ0n) is 9.69. The largest absolute Gasteiger partial charge is 0.342 e. The standard InChI is InChI=1S/C11H19N3O2/c1-13-4-5-14(7-10(13)15)11(16)8-2-3-9(12)6-8/h8-9H,2-7,12H2,1H3. The van der Waals surface area contributed by atoms with Crippen LogP contribution in [0.5, 0.6) is 0 Å². The van der Waals surface area contributed by atoms with Crippen molar-refractivity contribution in [2.24, 2.45) is 11.7 Å². The maximum Gasteiger partial charge on any atom is 0.241 e. The van der Waals surface area contributed by atoms with Crippen LogP contribution in [0.25, 0.3) is 0 Å². The van der Waals surface area contributed by atoms with E-state index in [2.05, 4.69) is 0 Å². The number of rotatable bonds is 1. The summed E-state index contributed by atoms with van der Waals surface area (Å²) in [7, 11) is 1.77. The Morgan fingerprint density at radius 3 is 2.69 bits per heavy atom. The predicted octanol–water partition coefficient (Wildman–Crippen LogP) is -0.586. The van der Waals surface area contributed by atoms with Gasteiger partial charge in [-0.2, -0.15) is 0 Å². The summed E-state index contributed by atoms with van der Waals surface area (Å²) in [5.74, 6) is 0.197. The minimum atomic E-state index is 0.0295. The Morgan fingerprint density at radius 2 is 2.12 bits per heavy atom. The van der Waals surface area contributed by atoms with Gasteiger partial charge in [-0.3, -0.25) is 9.59 Å². The number of carbonyl (C=O) groups is 2. The monoisotopic (exact) mass is 225 g/mol. The first-order chi connectivity index (χ1) is 7.58. The van der Waals surface area contributed by atoms with Crippen LogP contribution in [-0.4, -0.2) is 54.3 Å². The highest BCUT2D eigenvalue weighted by Gasteiger charge is 2.33. The van der Waals surface area contributed by atoms with Crippen LogP contribution < -0.4 is 5.73 Å². The number of piperazine rings is 1. The van der Waals surface area contributed by atoms with E-state index in [1.807, 2.05) is 0 Å². The lowest BCUT2D eigenvalue weighted by Crippen LogP contribution is -2.52. The normalized spacial score (nSPS) is 31.0. The molecule has 2 amide bonds. The highest BCUT2D eigenvalue weighted by Crippen LogP contribution is 2.26. The number of carbonyl (C=O) groups excluding carboxylic acids is 2. The van der Waals surface area contributed by atoms with Gasteiger partial charge in [-0.25, -0.2) is 0 Å². The van der Waals surface area contributed by atoms with E-state index in [1.54, 1.807) is 16.8 Å². The molecular formula is C11H19N3O2. The van der Waals surface area contributed by atoms with Gasteiger partial charge in [-0.1, -0.05) is 0 Å². The quantitative estimate of drug-likeness (QED) is 0.649. The van der Waals surface area contributed by atoms with Crippen molar-refractivity contribution in [2.75, 3.05) is 26.7 Å². The Labute approximate surface area is 95.6 Å². The smallest absolute Gasteiger partial charge is 0.241 e. The first kappa shape index (κ1) is 11.4. The third kappa shape index (κ3) is 2.19. The van der Waals surface area contributed by atoms with Gasteiger partial charge in [0.2, 0.25) is 11.8 Å². The Balaban J connectivity index is 1.93. The van der Waals surface area contributed by atoms with Gasteiger partial charge >= 0.3 is 0 Å². The summed E-state index contributed by atoms with van der Waals surface area (Å²) in [6.45, 7) is 1.54. The molecule has 2 fully saturated rings. The van der Waals surface area contributed by atoms with E-state index in [1.165, 1.54) is 0 Å². The van der Waals surface area contributed by atoms with E-state index in [-0.39, 0.29) is 30.3 Å². The highest BCUT2D eigenvalue weighted by atomic mass is 16.2. The summed E-state index contributed by atoms with van der Waals surface area (Å²) in [5, 5.41) is 0. The number of hydrogen-bond donors (Lipinski definition) is 1. The van der Waals surface area contributed by atoms with Crippen LogP contribution in [0.15, 0.2) is 0 Å². The maximum atomic E-state index is 12.1. The van der Waals surface area contributed by atoms with Gasteiger partial charge in [0.15, 0.2) is 0 Å². The van der Waals surface area contributed by atoms with Gasteiger partial charge in [0.1, 0.15) is 0 Å². The van der Waals surface area contributed by atoms with E-state index in [9.17, 15) is 9.59 Å². The molecule has 2 aliphatic rings. The van der Waals surface area contributed by atoms with Crippen LogP contribution >= 0.6 is 0 Å². The van der Waals surface area contributed by atoms with Crippen molar-refractivity contribution in [3.8, 4) is 0 Å². The molecule has 0 spiro atoms. The second-order valence-corrected chi connectivity index (χ2v) is 4.85. The molecule has 5 nitrogen and oxygen atoms in total. The molecule has 5 heteroatoms. The molecule has 2 atom stereocenters. The fraction of sp³-hybridized carbons (Fsp3) is 0.818. The van der Waals surface area contributed by atoms with Crippen LogP contribution in [-0.2, 0) is 9.59 Å². The molecule has 1 aliphatic carbocycles. The van der Waals surface area contributed by atoms with Crippen molar-refractivity contribution >= 4 is 11.8 Å². The van der Waals surface area contributed by atoms with Gasteiger partial charge in [-0.05, 0) is 19.3 Å². The lowest BCUT2D eigenvalue weighted by molar-refractivity contribution is -0.146. The molecule has 2 N–H and O–H groups in total. The number of amides is 2. The van der Waals surface area contributed by atoms with Gasteiger partial charge < -0.3 is 15.5 Å². The lowest BCUT2D eigenvalue weighted by Gasteiger charge is -2.33. The van der Waals surface area contributed by atoms with Gasteiger partial charge in [0, 0.05) is 32.1 Å². The Kier molecular flexibility index (Phi) is 3.14. The molecule has 0 bridgehead atoms. The first-order valence-corrected chi connectivity index (χ1v) is 5.86. The molecule has 1 saturated carbocycles. The maximum absolute atomic E-state index is 12.1. The van der Waals surface area contributed by atoms with Crippen LogP contribution in [0, 0.1) is 5.92 Å². The summed E-state index contributed by atoms with van der Waals surface area (Å²) in [4.78, 5) is 26.9. The minimum Gasteiger partial charge on any atom is -0.342 e. The molecule has 1 aliphatic heterocycles. The Morgan fingerprint density at radius 1 is 1.38 bits per heavy atom. The van der Waals surface area contributed by atoms with E-state index in [0.717, 1.165) is 19.3 Å². The van der Waals surface area contributed by atoms with Crippen molar-refractivity contribution in [2.45, 2.75) is 25.3 Å². The number of nitrogens with two attached hydrogens (primary N) is 1. The van der Waals surface area contributed by atoms with Crippen molar-refractivity contribution in [1.29, 1.82) is 0 Å². The average Bonchev–Trinajstić information content (AvgIpc) is 2.68. The molecule has 0 radical (unpaired) electrons. The number of likely N-dealkylation sites (N-methyl/N-ethyl adjacent to an activating group) is 1.